The summed E-state index contributed by atoms with van der Waals surface area (Å²) < 4.78 is 5.05. The van der Waals surface area contributed by atoms with E-state index in [0.717, 1.165) is 12.0 Å². The third-order valence-electron chi connectivity index (χ3n) is 2.99. The normalized spacial score (nSPS) is 12.7. The summed E-state index contributed by atoms with van der Waals surface area (Å²) in [6, 6.07) is 6.67. The summed E-state index contributed by atoms with van der Waals surface area (Å²) >= 11 is 0. The lowest BCUT2D eigenvalue weighted by Crippen LogP contribution is -2.46. The Bertz CT molecular complexity index is 626. The molecule has 1 aromatic carbocycles. The van der Waals surface area contributed by atoms with Gasteiger partial charge in [-0.05, 0) is 31.1 Å². The highest BCUT2D eigenvalue weighted by Gasteiger charge is 2.21. The fourth-order valence-electron chi connectivity index (χ4n) is 1.90. The molecule has 1 atom stereocenters. The molecule has 0 aliphatic heterocycles. The maximum atomic E-state index is 11.8. The highest BCUT2D eigenvalue weighted by molar-refractivity contribution is 5.83. The van der Waals surface area contributed by atoms with Crippen molar-refractivity contribution in [1.82, 2.24) is 5.32 Å². The zero-order valence-corrected chi connectivity index (χ0v) is 13.8. The predicted octanol–water partition coefficient (Wildman–Crippen LogP) is 2.73. The Labute approximate surface area is 141 Å². The lowest BCUT2D eigenvalue weighted by molar-refractivity contribution is -0.138. The summed E-state index contributed by atoms with van der Waals surface area (Å²) in [5.41, 5.74) is 7.37. The number of ether oxygens (including phenoxy) is 1. The van der Waals surface area contributed by atoms with Crippen LogP contribution in [0.25, 0.3) is 0 Å². The Hall–Kier alpha value is -2.96. The lowest BCUT2D eigenvalue weighted by atomic mass is 10.2. The molecule has 0 bridgehead atoms. The second-order valence-corrected chi connectivity index (χ2v) is 4.91. The zero-order chi connectivity index (χ0) is 17.9. The number of rotatable bonds is 8. The Balaban J connectivity index is 2.65. The van der Waals surface area contributed by atoms with Crippen LogP contribution in [0.2, 0.25) is 0 Å². The number of aliphatic carboxylic acids is 1. The minimum Gasteiger partial charge on any atom is -0.478 e. The van der Waals surface area contributed by atoms with Gasteiger partial charge in [0.2, 0.25) is 6.17 Å². The standard InChI is InChI=1S/C17H23N3O4/c1-3-7-12(8-4-2)11-24-17(23)20-15(16(21)22)19-14-10-6-5-9-13(14)18/h3,5-10,15,19H,4,11,18H2,1-2H3,(H,20,23)(H,21,22)/b7-3-,12-8+. The summed E-state index contributed by atoms with van der Waals surface area (Å²) in [6.07, 6.45) is 4.19. The Morgan fingerprint density at radius 3 is 2.67 bits per heavy atom. The van der Waals surface area contributed by atoms with Crippen LogP contribution in [0, 0.1) is 0 Å². The average molecular weight is 333 g/mol. The van der Waals surface area contributed by atoms with Crippen LogP contribution < -0.4 is 16.4 Å². The molecule has 1 rings (SSSR count). The first-order valence-corrected chi connectivity index (χ1v) is 7.56. The number of carbonyl (C=O) groups excluding carboxylic acids is 1. The monoisotopic (exact) mass is 333 g/mol. The van der Waals surface area contributed by atoms with Gasteiger partial charge in [0.05, 0.1) is 11.4 Å². The minimum absolute atomic E-state index is 0.0594. The molecule has 5 N–H and O–H groups in total. The van der Waals surface area contributed by atoms with Gasteiger partial charge >= 0.3 is 12.1 Å². The van der Waals surface area contributed by atoms with Crippen molar-refractivity contribution in [3.05, 3.63) is 48.1 Å². The smallest absolute Gasteiger partial charge is 0.409 e. The number of amides is 1. The molecule has 7 heteroatoms. The number of carboxylic acids is 1. The number of carboxylic acid groups (broad SMARTS) is 1. The fraction of sp³-hybridized carbons (Fsp3) is 0.294. The topological polar surface area (TPSA) is 114 Å². The Morgan fingerprint density at radius 2 is 2.08 bits per heavy atom. The van der Waals surface area contributed by atoms with E-state index in [-0.39, 0.29) is 6.61 Å². The molecule has 0 aromatic heterocycles. The lowest BCUT2D eigenvalue weighted by Gasteiger charge is -2.18. The van der Waals surface area contributed by atoms with Gasteiger partial charge in [-0.25, -0.2) is 9.59 Å². The molecule has 0 radical (unpaired) electrons. The van der Waals surface area contributed by atoms with Crippen molar-refractivity contribution in [2.45, 2.75) is 26.4 Å². The van der Waals surface area contributed by atoms with Crippen molar-refractivity contribution in [2.75, 3.05) is 17.7 Å². The molecule has 24 heavy (non-hydrogen) atoms. The molecule has 0 saturated heterocycles. The number of benzene rings is 1. The highest BCUT2D eigenvalue weighted by Crippen LogP contribution is 2.17. The fourth-order valence-corrected chi connectivity index (χ4v) is 1.90. The van der Waals surface area contributed by atoms with Crippen molar-refractivity contribution in [1.29, 1.82) is 0 Å². The number of para-hydroxylation sites is 2. The molecule has 0 fully saturated rings. The van der Waals surface area contributed by atoms with Crippen molar-refractivity contribution >= 4 is 23.4 Å². The Morgan fingerprint density at radius 1 is 1.38 bits per heavy atom. The van der Waals surface area contributed by atoms with E-state index in [1.807, 2.05) is 32.1 Å². The second kappa shape index (κ2) is 9.94. The second-order valence-electron chi connectivity index (χ2n) is 4.91. The summed E-state index contributed by atoms with van der Waals surface area (Å²) in [5.74, 6) is -1.26. The number of hydrogen-bond donors (Lipinski definition) is 4. The summed E-state index contributed by atoms with van der Waals surface area (Å²) in [4.78, 5) is 23.1. The third-order valence-corrected chi connectivity index (χ3v) is 2.99. The summed E-state index contributed by atoms with van der Waals surface area (Å²) in [6.45, 7) is 3.89. The van der Waals surface area contributed by atoms with Crippen molar-refractivity contribution in [3.8, 4) is 0 Å². The van der Waals surface area contributed by atoms with Crippen molar-refractivity contribution < 1.29 is 19.4 Å². The molecule has 7 nitrogen and oxygen atoms in total. The number of alkyl carbamates (subject to hydrolysis) is 1. The van der Waals surface area contributed by atoms with Crippen LogP contribution in [0.15, 0.2) is 48.1 Å². The van der Waals surface area contributed by atoms with Gasteiger partial charge in [-0.1, -0.05) is 37.3 Å². The molecule has 1 aromatic rings. The van der Waals surface area contributed by atoms with Gasteiger partial charge in [0.25, 0.3) is 0 Å². The number of allylic oxidation sites excluding steroid dienone is 2. The largest absolute Gasteiger partial charge is 0.478 e. The van der Waals surface area contributed by atoms with Gasteiger partial charge in [-0.3, -0.25) is 5.32 Å². The molecule has 0 aliphatic carbocycles. The molecule has 0 aliphatic rings. The molecular formula is C17H23N3O4. The van der Waals surface area contributed by atoms with Gasteiger partial charge in [-0.2, -0.15) is 0 Å². The molecule has 0 spiro atoms. The van der Waals surface area contributed by atoms with E-state index in [9.17, 15) is 14.7 Å². The van der Waals surface area contributed by atoms with E-state index in [2.05, 4.69) is 10.6 Å². The number of nitrogens with one attached hydrogen (secondary N) is 2. The number of anilines is 2. The van der Waals surface area contributed by atoms with Crippen LogP contribution in [0.5, 0.6) is 0 Å². The van der Waals surface area contributed by atoms with E-state index in [4.69, 9.17) is 10.5 Å². The number of nitrogen functional groups attached to an aromatic ring is 1. The van der Waals surface area contributed by atoms with E-state index < -0.39 is 18.2 Å². The van der Waals surface area contributed by atoms with Gasteiger partial charge < -0.3 is 20.9 Å². The van der Waals surface area contributed by atoms with Crippen molar-refractivity contribution in [3.63, 3.8) is 0 Å². The van der Waals surface area contributed by atoms with Gasteiger partial charge in [-0.15, -0.1) is 0 Å². The van der Waals surface area contributed by atoms with E-state index in [1.165, 1.54) is 0 Å². The first kappa shape index (κ1) is 19.1. The first-order chi connectivity index (χ1) is 11.5. The molecule has 130 valence electrons. The summed E-state index contributed by atoms with van der Waals surface area (Å²) in [7, 11) is 0. The van der Waals surface area contributed by atoms with Gasteiger partial charge in [0.1, 0.15) is 6.61 Å². The van der Waals surface area contributed by atoms with E-state index >= 15 is 0 Å². The zero-order valence-electron chi connectivity index (χ0n) is 13.8. The highest BCUT2D eigenvalue weighted by atomic mass is 16.5. The van der Waals surface area contributed by atoms with Gasteiger partial charge in [0.15, 0.2) is 0 Å². The van der Waals surface area contributed by atoms with Crippen molar-refractivity contribution in [2.24, 2.45) is 0 Å². The molecular weight excluding hydrogens is 310 g/mol. The average Bonchev–Trinajstić information content (AvgIpc) is 2.54. The van der Waals surface area contributed by atoms with E-state index in [0.29, 0.717) is 11.4 Å². The third kappa shape index (κ3) is 6.43. The number of hydrogen-bond acceptors (Lipinski definition) is 5. The van der Waals surface area contributed by atoms with Gasteiger partial charge in [0, 0.05) is 0 Å². The molecule has 0 saturated carbocycles. The quantitative estimate of drug-likeness (QED) is 0.330. The van der Waals surface area contributed by atoms with E-state index in [1.54, 1.807) is 24.3 Å². The van der Waals surface area contributed by atoms with Crippen LogP contribution in [0.3, 0.4) is 0 Å². The van der Waals surface area contributed by atoms with Crippen LogP contribution in [0.4, 0.5) is 16.2 Å². The maximum Gasteiger partial charge on any atom is 0.409 e. The first-order valence-electron chi connectivity index (χ1n) is 7.56. The van der Waals surface area contributed by atoms with Crippen LogP contribution in [-0.4, -0.2) is 29.9 Å². The van der Waals surface area contributed by atoms with Crippen LogP contribution >= 0.6 is 0 Å². The predicted molar refractivity (Wildman–Crippen MR) is 93.6 cm³/mol. The van der Waals surface area contributed by atoms with Crippen LogP contribution in [-0.2, 0) is 9.53 Å². The molecule has 0 heterocycles. The maximum absolute atomic E-state index is 11.8. The minimum atomic E-state index is -1.36. The summed E-state index contributed by atoms with van der Waals surface area (Å²) in [5, 5.41) is 14.1. The number of nitrogens with two attached hydrogens (primary N) is 1. The SMILES string of the molecule is C/C=C\C(=C/CC)COC(=O)NC(Nc1ccccc1N)C(=O)O. The van der Waals surface area contributed by atoms with Crippen LogP contribution in [0.1, 0.15) is 20.3 Å². The Kier molecular flexibility index (Phi) is 7.90. The molecule has 1 amide bonds. The molecule has 1 unspecified atom stereocenters. The number of carbonyl (C=O) groups is 2.